The summed E-state index contributed by atoms with van der Waals surface area (Å²) in [6.07, 6.45) is -0.718. The van der Waals surface area contributed by atoms with Gasteiger partial charge in [-0.15, -0.1) is 11.8 Å². The van der Waals surface area contributed by atoms with Crippen LogP contribution in [0.5, 0.6) is 0 Å². The number of aliphatic hydroxyl groups excluding tert-OH is 2. The minimum absolute atomic E-state index is 0.0782. The number of aryl methyl sites for hydroxylation is 1. The van der Waals surface area contributed by atoms with Crippen LogP contribution in [0.1, 0.15) is 11.1 Å². The fourth-order valence-electron chi connectivity index (χ4n) is 1.31. The van der Waals surface area contributed by atoms with Crippen LogP contribution in [0.15, 0.2) is 28.3 Å². The van der Waals surface area contributed by atoms with Crippen LogP contribution in [0.4, 0.5) is 0 Å². The molecule has 0 aromatic heterocycles. The van der Waals surface area contributed by atoms with E-state index in [2.05, 4.69) is 5.16 Å². The van der Waals surface area contributed by atoms with Crippen molar-refractivity contribution in [3.63, 3.8) is 0 Å². The van der Waals surface area contributed by atoms with Crippen molar-refractivity contribution >= 4 is 17.6 Å². The Morgan fingerprint density at radius 3 is 2.76 bits per heavy atom. The van der Waals surface area contributed by atoms with Gasteiger partial charge >= 0.3 is 0 Å². The van der Waals surface area contributed by atoms with Gasteiger partial charge in [0.1, 0.15) is 0 Å². The highest BCUT2D eigenvalue weighted by molar-refractivity contribution is 7.99. The van der Waals surface area contributed by atoms with Gasteiger partial charge in [-0.1, -0.05) is 5.16 Å². The molecule has 0 fully saturated rings. The number of oxime groups is 1. The molecule has 0 heterocycles. The number of hydrogen-bond donors (Lipinski definition) is 4. The van der Waals surface area contributed by atoms with Gasteiger partial charge in [0.2, 0.25) is 0 Å². The molecule has 0 saturated heterocycles. The van der Waals surface area contributed by atoms with E-state index < -0.39 is 6.10 Å². The van der Waals surface area contributed by atoms with Gasteiger partial charge < -0.3 is 21.2 Å². The van der Waals surface area contributed by atoms with Crippen molar-refractivity contribution in [2.24, 2.45) is 10.9 Å². The molecule has 17 heavy (non-hydrogen) atoms. The maximum Gasteiger partial charge on any atom is 0.170 e. The number of nitrogens with zero attached hydrogens (tertiary/aromatic N) is 1. The minimum Gasteiger partial charge on any atom is -0.409 e. The number of thioether (sulfide) groups is 1. The van der Waals surface area contributed by atoms with Crippen LogP contribution in [0.2, 0.25) is 0 Å². The molecule has 1 atom stereocenters. The molecular weight excluding hydrogens is 240 g/mol. The highest BCUT2D eigenvalue weighted by Gasteiger charge is 2.07. The molecule has 0 radical (unpaired) electrons. The molecule has 0 saturated carbocycles. The summed E-state index contributed by atoms with van der Waals surface area (Å²) in [4.78, 5) is 0.962. The van der Waals surface area contributed by atoms with Crippen molar-refractivity contribution in [3.05, 3.63) is 29.3 Å². The number of nitrogens with two attached hydrogens (primary N) is 1. The summed E-state index contributed by atoms with van der Waals surface area (Å²) < 4.78 is 0. The number of hydrogen-bond acceptors (Lipinski definition) is 5. The monoisotopic (exact) mass is 256 g/mol. The third-order valence-electron chi connectivity index (χ3n) is 2.23. The zero-order chi connectivity index (χ0) is 12.8. The second-order valence-electron chi connectivity index (χ2n) is 3.61. The van der Waals surface area contributed by atoms with Crippen molar-refractivity contribution in [3.8, 4) is 0 Å². The summed E-state index contributed by atoms with van der Waals surface area (Å²) in [6.45, 7) is 1.62. The number of rotatable bonds is 5. The number of benzene rings is 1. The van der Waals surface area contributed by atoms with Gasteiger partial charge in [0.05, 0.1) is 12.7 Å². The van der Waals surface area contributed by atoms with Crippen LogP contribution in [0.25, 0.3) is 0 Å². The van der Waals surface area contributed by atoms with Gasteiger partial charge in [-0.25, -0.2) is 0 Å². The molecule has 0 amide bonds. The molecule has 1 aromatic rings. The highest BCUT2D eigenvalue weighted by atomic mass is 32.2. The Morgan fingerprint density at radius 1 is 1.53 bits per heavy atom. The highest BCUT2D eigenvalue weighted by Crippen LogP contribution is 2.22. The van der Waals surface area contributed by atoms with Crippen molar-refractivity contribution < 1.29 is 15.4 Å². The molecule has 1 unspecified atom stereocenters. The lowest BCUT2D eigenvalue weighted by atomic mass is 10.1. The Labute approximate surface area is 104 Å². The molecule has 94 valence electrons. The summed E-state index contributed by atoms with van der Waals surface area (Å²) in [6, 6.07) is 5.48. The zero-order valence-corrected chi connectivity index (χ0v) is 10.3. The Bertz CT molecular complexity index is 410. The molecule has 1 rings (SSSR count). The van der Waals surface area contributed by atoms with Gasteiger partial charge in [-0.3, -0.25) is 0 Å². The van der Waals surface area contributed by atoms with E-state index in [1.807, 2.05) is 19.1 Å². The van der Waals surface area contributed by atoms with E-state index in [-0.39, 0.29) is 12.4 Å². The summed E-state index contributed by atoms with van der Waals surface area (Å²) in [7, 11) is 0. The van der Waals surface area contributed by atoms with Crippen LogP contribution >= 0.6 is 11.8 Å². The van der Waals surface area contributed by atoms with Crippen LogP contribution < -0.4 is 5.73 Å². The van der Waals surface area contributed by atoms with Gasteiger partial charge in [-0.05, 0) is 30.7 Å². The zero-order valence-electron chi connectivity index (χ0n) is 9.50. The van der Waals surface area contributed by atoms with E-state index >= 15 is 0 Å². The lowest BCUT2D eigenvalue weighted by Gasteiger charge is -2.09. The SMILES string of the molecule is Cc1cc(SCC(O)CO)ccc1/C(N)=N/O. The Kier molecular flexibility index (Phi) is 5.27. The van der Waals surface area contributed by atoms with E-state index in [0.29, 0.717) is 11.3 Å². The number of amidine groups is 1. The van der Waals surface area contributed by atoms with E-state index in [0.717, 1.165) is 10.5 Å². The fourth-order valence-corrected chi connectivity index (χ4v) is 2.23. The molecule has 1 aromatic carbocycles. The first-order valence-electron chi connectivity index (χ1n) is 5.08. The average molecular weight is 256 g/mol. The second kappa shape index (κ2) is 6.48. The van der Waals surface area contributed by atoms with E-state index in [1.165, 1.54) is 11.8 Å². The fraction of sp³-hybridized carbons (Fsp3) is 0.364. The third-order valence-corrected chi connectivity index (χ3v) is 3.37. The van der Waals surface area contributed by atoms with E-state index in [4.69, 9.17) is 16.0 Å². The quantitative estimate of drug-likeness (QED) is 0.202. The minimum atomic E-state index is -0.718. The first kappa shape index (κ1) is 13.8. The average Bonchev–Trinajstić information content (AvgIpc) is 2.35. The molecule has 5 nitrogen and oxygen atoms in total. The second-order valence-corrected chi connectivity index (χ2v) is 4.70. The Morgan fingerprint density at radius 2 is 2.24 bits per heavy atom. The predicted octanol–water partition coefficient (Wildman–Crippen LogP) is 0.535. The van der Waals surface area contributed by atoms with Crippen molar-refractivity contribution in [2.75, 3.05) is 12.4 Å². The maximum absolute atomic E-state index is 9.23. The van der Waals surface area contributed by atoms with Gasteiger partial charge in [0.15, 0.2) is 5.84 Å². The topological polar surface area (TPSA) is 99.1 Å². The van der Waals surface area contributed by atoms with E-state index in [1.54, 1.807) is 6.07 Å². The third kappa shape index (κ3) is 3.92. The molecular formula is C11H16N2O3S. The molecule has 0 aliphatic rings. The molecule has 0 aliphatic heterocycles. The summed E-state index contributed by atoms with van der Waals surface area (Å²) in [5.41, 5.74) is 7.08. The Balaban J connectivity index is 2.75. The summed E-state index contributed by atoms with van der Waals surface area (Å²) in [5.74, 6) is 0.508. The van der Waals surface area contributed by atoms with Gasteiger partial charge in [0.25, 0.3) is 0 Å². The first-order valence-corrected chi connectivity index (χ1v) is 6.07. The standard InChI is InChI=1S/C11H16N2O3S/c1-7-4-9(17-6-8(15)5-14)2-3-10(7)11(12)13-16/h2-4,8,14-16H,5-6H2,1H3,(H2,12,13). The van der Waals surface area contributed by atoms with Crippen LogP contribution in [-0.2, 0) is 0 Å². The van der Waals surface area contributed by atoms with Gasteiger partial charge in [0, 0.05) is 16.2 Å². The lowest BCUT2D eigenvalue weighted by Crippen LogP contribution is -2.15. The maximum atomic E-state index is 9.23. The largest absolute Gasteiger partial charge is 0.409 e. The molecule has 5 N–H and O–H groups in total. The van der Waals surface area contributed by atoms with Crippen molar-refractivity contribution in [2.45, 2.75) is 17.9 Å². The number of aliphatic hydroxyl groups is 2. The predicted molar refractivity (Wildman–Crippen MR) is 67.5 cm³/mol. The first-order chi connectivity index (χ1) is 8.08. The normalized spacial score (nSPS) is 13.7. The summed E-state index contributed by atoms with van der Waals surface area (Å²) >= 11 is 1.44. The smallest absolute Gasteiger partial charge is 0.170 e. The van der Waals surface area contributed by atoms with Crippen LogP contribution in [0.3, 0.4) is 0 Å². The molecule has 0 spiro atoms. The molecule has 0 bridgehead atoms. The lowest BCUT2D eigenvalue weighted by molar-refractivity contribution is 0.113. The van der Waals surface area contributed by atoms with Crippen molar-refractivity contribution in [1.29, 1.82) is 0 Å². The van der Waals surface area contributed by atoms with Crippen LogP contribution in [-0.4, -0.2) is 39.7 Å². The molecule has 0 aliphatic carbocycles. The van der Waals surface area contributed by atoms with Crippen LogP contribution in [0, 0.1) is 6.92 Å². The van der Waals surface area contributed by atoms with Crippen molar-refractivity contribution in [1.82, 2.24) is 0 Å². The Hall–Kier alpha value is -1.24. The summed E-state index contributed by atoms with van der Waals surface area (Å²) in [5, 5.41) is 29.5. The molecule has 6 heteroatoms. The van der Waals surface area contributed by atoms with E-state index in [9.17, 15) is 5.11 Å². The van der Waals surface area contributed by atoms with Gasteiger partial charge in [-0.2, -0.15) is 0 Å².